The van der Waals surface area contributed by atoms with E-state index in [4.69, 9.17) is 18.9 Å². The van der Waals surface area contributed by atoms with Gasteiger partial charge in [-0.05, 0) is 68.4 Å². The Labute approximate surface area is 153 Å². The Morgan fingerprint density at radius 2 is 1.62 bits per heavy atom. The van der Waals surface area contributed by atoms with Crippen LogP contribution in [-0.4, -0.2) is 30.6 Å². The van der Waals surface area contributed by atoms with Crippen LogP contribution in [0.3, 0.4) is 0 Å². The van der Waals surface area contributed by atoms with Gasteiger partial charge in [0, 0.05) is 5.57 Å². The summed E-state index contributed by atoms with van der Waals surface area (Å²) in [6, 6.07) is 4.04. The molecule has 1 fully saturated rings. The van der Waals surface area contributed by atoms with Crippen LogP contribution in [0.25, 0.3) is 5.57 Å². The van der Waals surface area contributed by atoms with E-state index in [-0.39, 0.29) is 18.7 Å². The highest BCUT2D eigenvalue weighted by molar-refractivity contribution is 6.27. The Kier molecular flexibility index (Phi) is 3.66. The zero-order chi connectivity index (χ0) is 17.9. The molecule has 4 aliphatic rings. The predicted octanol–water partition coefficient (Wildman–Crippen LogP) is 3.78. The van der Waals surface area contributed by atoms with Crippen LogP contribution in [0.5, 0.6) is 11.5 Å². The molecule has 0 saturated carbocycles. The van der Waals surface area contributed by atoms with Crippen LogP contribution >= 0.6 is 0 Å². The zero-order valence-electron chi connectivity index (χ0n) is 15.3. The fourth-order valence-electron chi connectivity index (χ4n) is 4.63. The molecule has 0 spiro atoms. The van der Waals surface area contributed by atoms with E-state index in [9.17, 15) is 4.79 Å². The summed E-state index contributed by atoms with van der Waals surface area (Å²) in [7, 11) is 0. The van der Waals surface area contributed by atoms with Gasteiger partial charge in [-0.2, -0.15) is 0 Å². The summed E-state index contributed by atoms with van der Waals surface area (Å²) in [6.07, 6.45) is 5.62. The first-order valence-electron chi connectivity index (χ1n) is 9.59. The molecule has 1 aromatic carbocycles. The van der Waals surface area contributed by atoms with Gasteiger partial charge in [-0.3, -0.25) is 4.79 Å². The predicted molar refractivity (Wildman–Crippen MR) is 95.1 cm³/mol. The molecule has 2 heterocycles. The van der Waals surface area contributed by atoms with E-state index in [1.807, 2.05) is 19.9 Å². The minimum Gasteiger partial charge on any atom is -0.454 e. The van der Waals surface area contributed by atoms with E-state index in [2.05, 4.69) is 6.07 Å². The van der Waals surface area contributed by atoms with Gasteiger partial charge in [-0.15, -0.1) is 0 Å². The topological polar surface area (TPSA) is 54.0 Å². The molecule has 2 aliphatic carbocycles. The first-order valence-corrected chi connectivity index (χ1v) is 9.59. The third-order valence-corrected chi connectivity index (χ3v) is 5.78. The van der Waals surface area contributed by atoms with E-state index >= 15 is 0 Å². The van der Waals surface area contributed by atoms with E-state index in [0.717, 1.165) is 59.5 Å². The molecule has 2 atom stereocenters. The molecule has 26 heavy (non-hydrogen) atoms. The van der Waals surface area contributed by atoms with Crippen molar-refractivity contribution in [3.63, 3.8) is 0 Å². The number of benzene rings is 1. The van der Waals surface area contributed by atoms with Crippen LogP contribution in [0.1, 0.15) is 57.1 Å². The summed E-state index contributed by atoms with van der Waals surface area (Å²) in [5, 5.41) is 0. The highest BCUT2D eigenvalue weighted by Crippen LogP contribution is 2.47. The molecule has 5 rings (SSSR count). The second kappa shape index (κ2) is 5.83. The van der Waals surface area contributed by atoms with Gasteiger partial charge in [0.15, 0.2) is 29.2 Å². The van der Waals surface area contributed by atoms with Crippen molar-refractivity contribution < 1.29 is 23.7 Å². The van der Waals surface area contributed by atoms with E-state index in [1.54, 1.807) is 0 Å². The maximum absolute atomic E-state index is 13.3. The number of hydrogen-bond acceptors (Lipinski definition) is 5. The molecule has 1 saturated heterocycles. The van der Waals surface area contributed by atoms with Crippen molar-refractivity contribution in [2.75, 3.05) is 6.79 Å². The van der Waals surface area contributed by atoms with E-state index in [0.29, 0.717) is 0 Å². The minimum absolute atomic E-state index is 0.0521. The van der Waals surface area contributed by atoms with Crippen molar-refractivity contribution in [1.82, 2.24) is 0 Å². The minimum atomic E-state index is -0.712. The SMILES string of the molecule is CC1(C)O[C@@H]2C(=O)C3=C(CCCCCCc4cc5c(cc43)OCO5)[C@@H]2O1. The van der Waals surface area contributed by atoms with Crippen molar-refractivity contribution >= 4 is 11.4 Å². The van der Waals surface area contributed by atoms with Crippen LogP contribution in [0.15, 0.2) is 17.7 Å². The van der Waals surface area contributed by atoms with Gasteiger partial charge in [0.05, 0.1) is 0 Å². The molecule has 0 aromatic heterocycles. The van der Waals surface area contributed by atoms with Crippen LogP contribution in [0.4, 0.5) is 0 Å². The summed E-state index contributed by atoms with van der Waals surface area (Å²) in [5.74, 6) is 0.842. The van der Waals surface area contributed by atoms with Gasteiger partial charge in [0.25, 0.3) is 0 Å². The number of Topliss-reactive ketones (excluding diaryl/α,β-unsaturated/α-hetero) is 1. The second-order valence-electron chi connectivity index (χ2n) is 8.02. The third-order valence-electron chi connectivity index (χ3n) is 5.78. The van der Waals surface area contributed by atoms with E-state index < -0.39 is 11.9 Å². The molecule has 0 N–H and O–H groups in total. The summed E-state index contributed by atoms with van der Waals surface area (Å²) in [6.45, 7) is 4.00. The lowest BCUT2D eigenvalue weighted by Crippen LogP contribution is -2.26. The quantitative estimate of drug-likeness (QED) is 0.708. The number of rotatable bonds is 0. The lowest BCUT2D eigenvalue weighted by Gasteiger charge is -2.21. The lowest BCUT2D eigenvalue weighted by molar-refractivity contribution is -0.152. The molecule has 5 nitrogen and oxygen atoms in total. The van der Waals surface area contributed by atoms with Gasteiger partial charge in [0.2, 0.25) is 6.79 Å². The van der Waals surface area contributed by atoms with Gasteiger partial charge < -0.3 is 18.9 Å². The number of hydrogen-bond donors (Lipinski definition) is 0. The smallest absolute Gasteiger partial charge is 0.231 e. The van der Waals surface area contributed by atoms with Crippen LogP contribution < -0.4 is 9.47 Å². The molecular weight excluding hydrogens is 332 g/mol. The molecule has 1 aromatic rings. The van der Waals surface area contributed by atoms with Gasteiger partial charge in [-0.25, -0.2) is 0 Å². The Morgan fingerprint density at radius 1 is 0.923 bits per heavy atom. The molecule has 0 unspecified atom stereocenters. The maximum atomic E-state index is 13.3. The Morgan fingerprint density at radius 3 is 2.42 bits per heavy atom. The molecular formula is C21H24O5. The molecule has 0 radical (unpaired) electrons. The molecule has 2 aliphatic heterocycles. The highest BCUT2D eigenvalue weighted by Gasteiger charge is 2.53. The normalized spacial score (nSPS) is 29.4. The van der Waals surface area contributed by atoms with Crippen molar-refractivity contribution in [2.45, 2.75) is 70.4 Å². The highest BCUT2D eigenvalue weighted by atomic mass is 16.8. The average molecular weight is 356 g/mol. The molecule has 0 bridgehead atoms. The summed E-state index contributed by atoms with van der Waals surface area (Å²) in [4.78, 5) is 13.3. The van der Waals surface area contributed by atoms with E-state index in [1.165, 1.54) is 12.8 Å². The largest absolute Gasteiger partial charge is 0.454 e. The first kappa shape index (κ1) is 16.3. The number of carbonyl (C=O) groups excluding carboxylic acids is 1. The summed E-state index contributed by atoms with van der Waals surface area (Å²) in [5.41, 5.74) is 4.05. The van der Waals surface area contributed by atoms with Gasteiger partial charge in [0.1, 0.15) is 6.10 Å². The van der Waals surface area contributed by atoms with Crippen molar-refractivity contribution in [3.8, 4) is 11.5 Å². The number of ketones is 1. The Hall–Kier alpha value is -1.85. The Bertz CT molecular complexity index is 807. The fraction of sp³-hybridized carbons (Fsp3) is 0.571. The molecule has 5 heteroatoms. The van der Waals surface area contributed by atoms with Crippen LogP contribution in [-0.2, 0) is 20.7 Å². The molecule has 0 amide bonds. The van der Waals surface area contributed by atoms with Crippen molar-refractivity contribution in [1.29, 1.82) is 0 Å². The molecule has 138 valence electrons. The maximum Gasteiger partial charge on any atom is 0.231 e. The van der Waals surface area contributed by atoms with Crippen LogP contribution in [0.2, 0.25) is 0 Å². The van der Waals surface area contributed by atoms with Crippen molar-refractivity contribution in [2.24, 2.45) is 0 Å². The number of fused-ring (bicyclic) bond motifs is 5. The zero-order valence-corrected chi connectivity index (χ0v) is 15.3. The number of ether oxygens (including phenoxy) is 4. The fourth-order valence-corrected chi connectivity index (χ4v) is 4.63. The standard InChI is InChI=1S/C21H24O5/c1-21(2)25-19-13-8-6-4-3-5-7-12-9-15-16(24-11-23-15)10-14(12)17(13)18(22)20(19)26-21/h9-10,19-20H,3-8,11H2,1-2H3/t19-,20+/m0/s1. The second-order valence-corrected chi connectivity index (χ2v) is 8.02. The number of aryl methyl sites for hydroxylation is 1. The summed E-state index contributed by atoms with van der Waals surface area (Å²) < 4.78 is 23.2. The van der Waals surface area contributed by atoms with Gasteiger partial charge in [-0.1, -0.05) is 12.8 Å². The van der Waals surface area contributed by atoms with Crippen LogP contribution in [0, 0.1) is 0 Å². The Balaban J connectivity index is 1.67. The lowest BCUT2D eigenvalue weighted by atomic mass is 9.89. The number of carbonyl (C=O) groups is 1. The summed E-state index contributed by atoms with van der Waals surface area (Å²) >= 11 is 0. The first-order chi connectivity index (χ1) is 12.5. The monoisotopic (exact) mass is 356 g/mol. The third kappa shape index (κ3) is 2.48. The van der Waals surface area contributed by atoms with Crippen molar-refractivity contribution in [3.05, 3.63) is 28.8 Å². The average Bonchev–Trinajstić information content (AvgIpc) is 3.24. The van der Waals surface area contributed by atoms with Gasteiger partial charge >= 0.3 is 0 Å².